The quantitative estimate of drug-likeness (QED) is 0.612. The molecular formula is C22H28N2O2S. The molecule has 0 saturated heterocycles. The highest BCUT2D eigenvalue weighted by Crippen LogP contribution is 2.15. The van der Waals surface area contributed by atoms with E-state index < -0.39 is 0 Å². The van der Waals surface area contributed by atoms with Crippen molar-refractivity contribution in [1.82, 2.24) is 5.32 Å². The molecule has 2 N–H and O–H groups in total. The molecule has 0 radical (unpaired) electrons. The number of carbonyl (C=O) groups excluding carboxylic acids is 2. The minimum atomic E-state index is -0.142. The van der Waals surface area contributed by atoms with Gasteiger partial charge in [0.05, 0.1) is 5.25 Å². The minimum Gasteiger partial charge on any atom is -0.351 e. The highest BCUT2D eigenvalue weighted by molar-refractivity contribution is 8.00. The van der Waals surface area contributed by atoms with Crippen LogP contribution < -0.4 is 10.6 Å². The van der Waals surface area contributed by atoms with Gasteiger partial charge < -0.3 is 10.6 Å². The molecule has 0 fully saturated rings. The largest absolute Gasteiger partial charge is 0.351 e. The number of amides is 2. The van der Waals surface area contributed by atoms with Crippen molar-refractivity contribution >= 4 is 29.3 Å². The van der Waals surface area contributed by atoms with E-state index in [0.717, 1.165) is 35.4 Å². The Morgan fingerprint density at radius 3 is 2.56 bits per heavy atom. The molecule has 0 aliphatic carbocycles. The normalized spacial score (nSPS) is 11.7. The van der Waals surface area contributed by atoms with Crippen molar-refractivity contribution in [3.8, 4) is 0 Å². The van der Waals surface area contributed by atoms with E-state index in [1.165, 1.54) is 0 Å². The maximum atomic E-state index is 12.3. The summed E-state index contributed by atoms with van der Waals surface area (Å²) in [6, 6.07) is 15.0. The first-order valence-corrected chi connectivity index (χ1v) is 10.4. The molecule has 1 atom stereocenters. The molecule has 0 saturated carbocycles. The Morgan fingerprint density at radius 2 is 1.85 bits per heavy atom. The summed E-state index contributed by atoms with van der Waals surface area (Å²) in [5.74, 6) is 0.911. The number of rotatable bonds is 9. The van der Waals surface area contributed by atoms with E-state index in [1.54, 1.807) is 11.8 Å². The third kappa shape index (κ3) is 7.10. The summed E-state index contributed by atoms with van der Waals surface area (Å²) >= 11 is 1.69. The zero-order valence-corrected chi connectivity index (χ0v) is 17.1. The van der Waals surface area contributed by atoms with Gasteiger partial charge in [0.2, 0.25) is 5.91 Å². The van der Waals surface area contributed by atoms with Gasteiger partial charge in [-0.15, -0.1) is 11.8 Å². The van der Waals surface area contributed by atoms with Crippen molar-refractivity contribution in [2.24, 2.45) is 0 Å². The van der Waals surface area contributed by atoms with Crippen molar-refractivity contribution in [3.63, 3.8) is 0 Å². The van der Waals surface area contributed by atoms with Crippen molar-refractivity contribution in [3.05, 3.63) is 65.2 Å². The summed E-state index contributed by atoms with van der Waals surface area (Å²) in [7, 11) is 0. The fraction of sp³-hybridized carbons (Fsp3) is 0.364. The topological polar surface area (TPSA) is 58.2 Å². The van der Waals surface area contributed by atoms with Crippen molar-refractivity contribution < 1.29 is 9.59 Å². The molecule has 27 heavy (non-hydrogen) atoms. The number of anilines is 1. The number of carbonyl (C=O) groups is 2. The average molecular weight is 385 g/mol. The third-order valence-corrected chi connectivity index (χ3v) is 5.44. The Hall–Kier alpha value is -2.27. The van der Waals surface area contributed by atoms with E-state index in [-0.39, 0.29) is 17.1 Å². The lowest BCUT2D eigenvalue weighted by atomic mass is 10.1. The van der Waals surface area contributed by atoms with Crippen LogP contribution in [0.5, 0.6) is 0 Å². The summed E-state index contributed by atoms with van der Waals surface area (Å²) in [5.41, 5.74) is 3.41. The van der Waals surface area contributed by atoms with Gasteiger partial charge in [0.1, 0.15) is 0 Å². The van der Waals surface area contributed by atoms with Crippen LogP contribution in [-0.2, 0) is 11.3 Å². The van der Waals surface area contributed by atoms with E-state index in [2.05, 4.69) is 17.6 Å². The lowest BCUT2D eigenvalue weighted by Gasteiger charge is -2.12. The molecule has 0 aliphatic heterocycles. The summed E-state index contributed by atoms with van der Waals surface area (Å²) in [4.78, 5) is 24.5. The van der Waals surface area contributed by atoms with Crippen LogP contribution in [0.15, 0.2) is 48.5 Å². The predicted octanol–water partition coefficient (Wildman–Crippen LogP) is 4.79. The van der Waals surface area contributed by atoms with Gasteiger partial charge >= 0.3 is 0 Å². The molecule has 0 bridgehead atoms. The molecule has 4 nitrogen and oxygen atoms in total. The second kappa shape index (κ2) is 10.8. The van der Waals surface area contributed by atoms with Crippen LogP contribution in [0.3, 0.4) is 0 Å². The maximum Gasteiger partial charge on any atom is 0.255 e. The average Bonchev–Trinajstić information content (AvgIpc) is 2.67. The molecule has 0 aliphatic rings. The van der Waals surface area contributed by atoms with E-state index in [1.807, 2.05) is 62.4 Å². The molecule has 5 heteroatoms. The summed E-state index contributed by atoms with van der Waals surface area (Å²) in [5, 5.41) is 5.82. The van der Waals surface area contributed by atoms with E-state index in [4.69, 9.17) is 0 Å². The van der Waals surface area contributed by atoms with Crippen molar-refractivity contribution in [2.75, 3.05) is 11.1 Å². The molecule has 2 rings (SSSR count). The zero-order chi connectivity index (χ0) is 19.6. The van der Waals surface area contributed by atoms with Crippen LogP contribution in [0.2, 0.25) is 0 Å². The van der Waals surface area contributed by atoms with Crippen LogP contribution in [-0.4, -0.2) is 22.8 Å². The van der Waals surface area contributed by atoms with E-state index in [0.29, 0.717) is 12.1 Å². The molecule has 0 heterocycles. The summed E-state index contributed by atoms with van der Waals surface area (Å²) in [6.45, 7) is 6.53. The molecule has 2 amide bonds. The number of hydrogen-bond donors (Lipinski definition) is 2. The molecule has 144 valence electrons. The van der Waals surface area contributed by atoms with E-state index >= 15 is 0 Å². The Labute approximate surface area is 166 Å². The molecule has 2 aromatic carbocycles. The molecule has 1 unspecified atom stereocenters. The Balaban J connectivity index is 1.88. The maximum absolute atomic E-state index is 12.3. The summed E-state index contributed by atoms with van der Waals surface area (Å²) < 4.78 is 0. The van der Waals surface area contributed by atoms with E-state index in [9.17, 15) is 9.59 Å². The van der Waals surface area contributed by atoms with Gasteiger partial charge in [0, 0.05) is 17.8 Å². The predicted molar refractivity (Wildman–Crippen MR) is 114 cm³/mol. The standard InChI is InChI=1S/C22H28N2O2S/c1-4-5-13-27-17(3)21(25)23-15-18-7-6-8-20(14-18)24-22(26)19-11-9-16(2)10-12-19/h6-12,14,17H,4-5,13,15H2,1-3H3,(H,23,25)(H,24,26). The van der Waals surface area contributed by atoms with Crippen LogP contribution in [0, 0.1) is 6.92 Å². The van der Waals surface area contributed by atoms with Gasteiger partial charge in [-0.2, -0.15) is 0 Å². The smallest absolute Gasteiger partial charge is 0.255 e. The fourth-order valence-electron chi connectivity index (χ4n) is 2.48. The summed E-state index contributed by atoms with van der Waals surface area (Å²) in [6.07, 6.45) is 2.27. The van der Waals surface area contributed by atoms with Crippen LogP contribution in [0.1, 0.15) is 48.2 Å². The zero-order valence-electron chi connectivity index (χ0n) is 16.2. The molecule has 0 spiro atoms. The Morgan fingerprint density at radius 1 is 1.11 bits per heavy atom. The second-order valence-electron chi connectivity index (χ2n) is 6.60. The number of benzene rings is 2. The number of aryl methyl sites for hydroxylation is 1. The van der Waals surface area contributed by atoms with Gasteiger partial charge in [-0.1, -0.05) is 43.2 Å². The number of nitrogens with one attached hydrogen (secondary N) is 2. The Kier molecular flexibility index (Phi) is 8.40. The first-order chi connectivity index (χ1) is 13.0. The number of thioether (sulfide) groups is 1. The minimum absolute atomic E-state index is 0.0465. The number of hydrogen-bond acceptors (Lipinski definition) is 3. The SMILES string of the molecule is CCCCSC(C)C(=O)NCc1cccc(NC(=O)c2ccc(C)cc2)c1. The van der Waals surface area contributed by atoms with Crippen LogP contribution in [0.25, 0.3) is 0 Å². The first kappa shape index (κ1) is 21.0. The van der Waals surface area contributed by atoms with Gasteiger partial charge in [-0.3, -0.25) is 9.59 Å². The lowest BCUT2D eigenvalue weighted by Crippen LogP contribution is -2.30. The highest BCUT2D eigenvalue weighted by Gasteiger charge is 2.12. The third-order valence-electron chi connectivity index (χ3n) is 4.20. The van der Waals surface area contributed by atoms with Crippen molar-refractivity contribution in [1.29, 1.82) is 0 Å². The van der Waals surface area contributed by atoms with Gasteiger partial charge in [-0.25, -0.2) is 0 Å². The molecule has 2 aromatic rings. The number of unbranched alkanes of at least 4 members (excludes halogenated alkanes) is 1. The molecular weight excluding hydrogens is 356 g/mol. The monoisotopic (exact) mass is 384 g/mol. The lowest BCUT2D eigenvalue weighted by molar-refractivity contribution is -0.120. The first-order valence-electron chi connectivity index (χ1n) is 9.36. The van der Waals surface area contributed by atoms with Crippen LogP contribution >= 0.6 is 11.8 Å². The van der Waals surface area contributed by atoms with Crippen LogP contribution in [0.4, 0.5) is 5.69 Å². The fourth-order valence-corrected chi connectivity index (χ4v) is 3.52. The van der Waals surface area contributed by atoms with Crippen molar-refractivity contribution in [2.45, 2.75) is 45.4 Å². The highest BCUT2D eigenvalue weighted by atomic mass is 32.2. The Bertz CT molecular complexity index is 759. The molecule has 0 aromatic heterocycles. The van der Waals surface area contributed by atoms with Gasteiger partial charge in [0.25, 0.3) is 5.91 Å². The van der Waals surface area contributed by atoms with Gasteiger partial charge in [0.15, 0.2) is 0 Å². The second-order valence-corrected chi connectivity index (χ2v) is 8.05. The van der Waals surface area contributed by atoms with Gasteiger partial charge in [-0.05, 0) is 55.9 Å².